The number of rotatable bonds is 6. The van der Waals surface area contributed by atoms with E-state index in [1.54, 1.807) is 0 Å². The van der Waals surface area contributed by atoms with E-state index in [4.69, 9.17) is 0 Å². The fourth-order valence-corrected chi connectivity index (χ4v) is 9.27. The van der Waals surface area contributed by atoms with E-state index in [2.05, 4.69) is 146 Å². The van der Waals surface area contributed by atoms with E-state index in [0.29, 0.717) is 0 Å². The Morgan fingerprint density at radius 3 is 0.727 bits per heavy atom. The maximum absolute atomic E-state index is 2.35. The molecule has 33 heavy (non-hydrogen) atoms. The molecule has 5 rings (SSSR count). The number of benzene rings is 5. The molecule has 0 bridgehead atoms. The Kier molecular flexibility index (Phi) is 8.28. The fourth-order valence-electron chi connectivity index (χ4n) is 4.01. The van der Waals surface area contributed by atoms with Crippen LogP contribution in [0.1, 0.15) is 0 Å². The molecule has 0 unspecified atom stereocenters. The molecule has 0 saturated heterocycles. The molecule has 0 heterocycles. The summed E-state index contributed by atoms with van der Waals surface area (Å²) >= 11 is 0. The third kappa shape index (κ3) is 5.35. The quantitative estimate of drug-likeness (QED) is 0.224. The first-order chi connectivity index (χ1) is 15.9. The first-order valence-corrected chi connectivity index (χ1v) is 13.5. The van der Waals surface area contributed by atoms with Crippen molar-refractivity contribution in [3.05, 3.63) is 146 Å². The van der Waals surface area contributed by atoms with Crippen molar-refractivity contribution in [1.29, 1.82) is 0 Å². The van der Waals surface area contributed by atoms with Crippen LogP contribution in [0.3, 0.4) is 0 Å². The predicted molar refractivity (Wildman–Crippen MR) is 145 cm³/mol. The maximum atomic E-state index is 2.35. The Bertz CT molecular complexity index is 1080. The van der Waals surface area contributed by atoms with Crippen LogP contribution in [-0.4, -0.2) is 0 Å². The molecule has 0 fully saturated rings. The largest absolute Gasteiger partial charge is 0.0622 e. The van der Waals surface area contributed by atoms with Gasteiger partial charge in [-0.2, -0.15) is 0 Å². The molecule has 0 aliphatic carbocycles. The molecular formula is C30H25CuP2. The molecule has 0 saturated carbocycles. The van der Waals surface area contributed by atoms with Gasteiger partial charge < -0.3 is 0 Å². The Hall–Kier alpha value is -2.52. The van der Waals surface area contributed by atoms with Gasteiger partial charge in [-0.05, 0) is 47.7 Å². The molecule has 0 nitrogen and oxygen atoms in total. The van der Waals surface area contributed by atoms with Crippen molar-refractivity contribution in [2.45, 2.75) is 0 Å². The number of hydrogen-bond acceptors (Lipinski definition) is 0. The third-order valence-corrected chi connectivity index (χ3v) is 10.6. The smallest absolute Gasteiger partial charge is 0.00675 e. The second kappa shape index (κ2) is 11.6. The van der Waals surface area contributed by atoms with Crippen LogP contribution in [0, 0.1) is 0 Å². The zero-order chi connectivity index (χ0) is 21.6. The van der Waals surface area contributed by atoms with Crippen molar-refractivity contribution in [2.75, 3.05) is 0 Å². The summed E-state index contributed by atoms with van der Waals surface area (Å²) in [6, 6.07) is 53.0. The van der Waals surface area contributed by atoms with Gasteiger partial charge >= 0.3 is 17.1 Å². The van der Waals surface area contributed by atoms with Crippen LogP contribution in [0.15, 0.2) is 146 Å². The molecule has 5 aromatic rings. The maximum Gasteiger partial charge on any atom is -0.00675 e. The topological polar surface area (TPSA) is 0 Å². The van der Waals surface area contributed by atoms with Gasteiger partial charge in [-0.25, -0.2) is 0 Å². The monoisotopic (exact) mass is 510 g/mol. The van der Waals surface area contributed by atoms with Crippen molar-refractivity contribution >= 4 is 47.7 Å². The van der Waals surface area contributed by atoms with E-state index in [1.165, 1.54) is 31.8 Å². The first-order valence-electron chi connectivity index (χ1n) is 10.8. The molecule has 0 aliphatic rings. The van der Waals surface area contributed by atoms with Crippen molar-refractivity contribution in [3.8, 4) is 0 Å². The zero-order valence-corrected chi connectivity index (χ0v) is 20.8. The van der Waals surface area contributed by atoms with Gasteiger partial charge in [-0.15, -0.1) is 0 Å². The molecule has 0 spiro atoms. The summed E-state index contributed by atoms with van der Waals surface area (Å²) in [5.41, 5.74) is 0. The SMILES string of the molecule is [CuH].c1ccc(P(c2ccccc2)c2ccccc2P(c2ccccc2)c2ccccc2)cc1. The van der Waals surface area contributed by atoms with Crippen LogP contribution in [0.5, 0.6) is 0 Å². The molecule has 0 N–H and O–H groups in total. The van der Waals surface area contributed by atoms with Crippen LogP contribution in [0.4, 0.5) is 0 Å². The molecule has 0 aromatic heterocycles. The average Bonchev–Trinajstić information content (AvgIpc) is 2.88. The summed E-state index contributed by atoms with van der Waals surface area (Å²) in [6.45, 7) is 0. The van der Waals surface area contributed by atoms with E-state index in [1.807, 2.05) is 0 Å². The van der Waals surface area contributed by atoms with E-state index in [-0.39, 0.29) is 17.1 Å². The Balaban J connectivity index is 0.00000259. The van der Waals surface area contributed by atoms with Crippen molar-refractivity contribution in [1.82, 2.24) is 0 Å². The molecule has 0 amide bonds. The zero-order valence-electron chi connectivity index (χ0n) is 18.1. The van der Waals surface area contributed by atoms with Crippen LogP contribution in [0.25, 0.3) is 0 Å². The normalized spacial score (nSPS) is 10.7. The summed E-state index contributed by atoms with van der Waals surface area (Å²) in [5.74, 6) is 0. The molecule has 0 aliphatic heterocycles. The second-order valence-corrected chi connectivity index (χ2v) is 11.9. The summed E-state index contributed by atoms with van der Waals surface area (Å²) in [5, 5.41) is 8.43. The minimum atomic E-state index is -0.664. The van der Waals surface area contributed by atoms with E-state index in [0.717, 1.165) is 0 Å². The van der Waals surface area contributed by atoms with Gasteiger partial charge in [0, 0.05) is 0 Å². The standard InChI is InChI=1S/C30H24P2.Cu.H/c1-5-15-25(16-6-1)31(26-17-7-2-8-18-26)29-23-13-14-24-30(29)32(27-19-9-3-10-20-27)28-21-11-4-12-22-28;;/h1-24H;;. The third-order valence-electron chi connectivity index (χ3n) is 5.42. The minimum Gasteiger partial charge on any atom is -0.0622 e. The van der Waals surface area contributed by atoms with Gasteiger partial charge in [0.1, 0.15) is 0 Å². The molecule has 3 heteroatoms. The van der Waals surface area contributed by atoms with Crippen LogP contribution < -0.4 is 31.8 Å². The summed E-state index contributed by atoms with van der Waals surface area (Å²) in [7, 11) is -1.33. The summed E-state index contributed by atoms with van der Waals surface area (Å²) < 4.78 is 0. The Morgan fingerprint density at radius 1 is 0.273 bits per heavy atom. The van der Waals surface area contributed by atoms with Gasteiger partial charge in [0.15, 0.2) is 0 Å². The van der Waals surface area contributed by atoms with Crippen LogP contribution in [-0.2, 0) is 17.1 Å². The molecular weight excluding hydrogens is 486 g/mol. The van der Waals surface area contributed by atoms with Gasteiger partial charge in [-0.1, -0.05) is 146 Å². The van der Waals surface area contributed by atoms with Gasteiger partial charge in [0.2, 0.25) is 0 Å². The van der Waals surface area contributed by atoms with Crippen molar-refractivity contribution < 1.29 is 17.1 Å². The van der Waals surface area contributed by atoms with Gasteiger partial charge in [0.25, 0.3) is 0 Å². The van der Waals surface area contributed by atoms with Gasteiger partial charge in [0.05, 0.1) is 0 Å². The molecule has 5 aromatic carbocycles. The number of hydrogen-bond donors (Lipinski definition) is 0. The Morgan fingerprint density at radius 2 is 0.485 bits per heavy atom. The fraction of sp³-hybridized carbons (Fsp3) is 0. The van der Waals surface area contributed by atoms with Crippen molar-refractivity contribution in [3.63, 3.8) is 0 Å². The second-order valence-electron chi connectivity index (χ2n) is 7.50. The van der Waals surface area contributed by atoms with Gasteiger partial charge in [-0.3, -0.25) is 0 Å². The van der Waals surface area contributed by atoms with E-state index < -0.39 is 15.8 Å². The average molecular weight is 511 g/mol. The molecule has 1 radical (unpaired) electrons. The summed E-state index contributed by atoms with van der Waals surface area (Å²) in [6.07, 6.45) is 0. The van der Waals surface area contributed by atoms with E-state index >= 15 is 0 Å². The first kappa shape index (κ1) is 23.6. The Labute approximate surface area is 209 Å². The predicted octanol–water partition coefficient (Wildman–Crippen LogP) is 4.93. The minimum absolute atomic E-state index is 0. The van der Waals surface area contributed by atoms with E-state index in [9.17, 15) is 0 Å². The summed E-state index contributed by atoms with van der Waals surface area (Å²) in [4.78, 5) is 0. The van der Waals surface area contributed by atoms with Crippen LogP contribution >= 0.6 is 15.8 Å². The van der Waals surface area contributed by atoms with Crippen molar-refractivity contribution in [2.24, 2.45) is 0 Å². The van der Waals surface area contributed by atoms with Crippen LogP contribution in [0.2, 0.25) is 0 Å². The molecule has 0 atom stereocenters. The molecule has 166 valence electrons.